The van der Waals surface area contributed by atoms with Crippen LogP contribution < -0.4 is 0 Å². The van der Waals surface area contributed by atoms with Gasteiger partial charge in [-0.2, -0.15) is 0 Å². The predicted molar refractivity (Wildman–Crippen MR) is 71.0 cm³/mol. The summed E-state index contributed by atoms with van der Waals surface area (Å²) in [5.41, 5.74) is 0. The summed E-state index contributed by atoms with van der Waals surface area (Å²) in [6.07, 6.45) is 3.65. The van der Waals surface area contributed by atoms with Crippen LogP contribution in [0.3, 0.4) is 0 Å². The maximum atomic E-state index is 6.06. The van der Waals surface area contributed by atoms with Crippen molar-refractivity contribution in [2.75, 3.05) is 0 Å². The molecule has 0 spiro atoms. The maximum absolute atomic E-state index is 6.06. The Morgan fingerprint density at radius 2 is 2.06 bits per heavy atom. The maximum Gasteiger partial charge on any atom is 0.172 e. The van der Waals surface area contributed by atoms with Crippen LogP contribution in [0, 0.1) is 0 Å². The Hall–Kier alpha value is -0.350. The van der Waals surface area contributed by atoms with Crippen molar-refractivity contribution >= 4 is 47.4 Å². The lowest BCUT2D eigenvalue weighted by molar-refractivity contribution is 0.790. The predicted octanol–water partition coefficient (Wildman–Crippen LogP) is 4.30. The number of nitrogens with zero attached hydrogens (tertiary/aromatic N) is 2. The molecule has 0 saturated carbocycles. The Labute approximate surface area is 114 Å². The van der Waals surface area contributed by atoms with Crippen molar-refractivity contribution in [2.24, 2.45) is 7.05 Å². The van der Waals surface area contributed by atoms with E-state index in [1.807, 2.05) is 29.9 Å². The molecule has 0 aliphatic carbocycles. The number of benzene rings is 1. The van der Waals surface area contributed by atoms with Crippen LogP contribution in [0.15, 0.2) is 40.6 Å². The average Bonchev–Trinajstić information content (AvgIpc) is 2.57. The lowest BCUT2D eigenvalue weighted by atomic mass is 10.4. The molecule has 0 N–H and O–H groups in total. The molecule has 0 aliphatic heterocycles. The van der Waals surface area contributed by atoms with E-state index in [9.17, 15) is 0 Å². The summed E-state index contributed by atoms with van der Waals surface area (Å²) in [7, 11) is 1.94. The van der Waals surface area contributed by atoms with Gasteiger partial charge in [0.25, 0.3) is 0 Å². The van der Waals surface area contributed by atoms with Crippen molar-refractivity contribution in [1.82, 2.24) is 9.55 Å². The van der Waals surface area contributed by atoms with Crippen LogP contribution in [0.2, 0.25) is 10.0 Å². The van der Waals surface area contributed by atoms with Gasteiger partial charge in [0.15, 0.2) is 5.16 Å². The molecule has 0 unspecified atom stereocenters. The zero-order valence-electron chi connectivity index (χ0n) is 8.35. The van der Waals surface area contributed by atoms with Gasteiger partial charge in [-0.05, 0) is 18.2 Å². The fraction of sp³-hybridized carbons (Fsp3) is 0.100. The van der Waals surface area contributed by atoms with Crippen molar-refractivity contribution in [3.05, 3.63) is 40.6 Å². The summed E-state index contributed by atoms with van der Waals surface area (Å²) in [4.78, 5) is 5.16. The normalized spacial score (nSPS) is 9.94. The first-order valence-corrected chi connectivity index (χ1v) is 5.84. The molecule has 0 fully saturated rings. The van der Waals surface area contributed by atoms with E-state index >= 15 is 0 Å². The zero-order valence-corrected chi connectivity index (χ0v) is 11.5. The second-order valence-corrected chi connectivity index (χ2v) is 4.85. The zero-order chi connectivity index (χ0) is 10.8. The molecular weight excluding hydrogens is 287 g/mol. The van der Waals surface area contributed by atoms with E-state index in [0.29, 0.717) is 10.0 Å². The molecular formula is C10H9Cl3N2S. The number of imidazole rings is 1. The van der Waals surface area contributed by atoms with Gasteiger partial charge in [-0.15, -0.1) is 12.4 Å². The van der Waals surface area contributed by atoms with E-state index in [4.69, 9.17) is 23.2 Å². The number of rotatable bonds is 2. The fourth-order valence-electron chi connectivity index (χ4n) is 1.11. The van der Waals surface area contributed by atoms with Gasteiger partial charge in [-0.3, -0.25) is 0 Å². The highest BCUT2D eigenvalue weighted by Gasteiger charge is 2.06. The smallest absolute Gasteiger partial charge is 0.172 e. The molecule has 0 aliphatic rings. The van der Waals surface area contributed by atoms with Gasteiger partial charge in [-0.25, -0.2) is 4.98 Å². The second kappa shape index (κ2) is 5.82. The first kappa shape index (κ1) is 13.7. The van der Waals surface area contributed by atoms with Crippen LogP contribution in [0.25, 0.3) is 0 Å². The van der Waals surface area contributed by atoms with Crippen LogP contribution in [0.4, 0.5) is 0 Å². The Morgan fingerprint density at radius 1 is 1.31 bits per heavy atom. The van der Waals surface area contributed by atoms with Crippen molar-refractivity contribution in [1.29, 1.82) is 0 Å². The highest BCUT2D eigenvalue weighted by molar-refractivity contribution is 7.99. The van der Waals surface area contributed by atoms with Crippen LogP contribution in [-0.2, 0) is 7.05 Å². The number of aromatic nitrogens is 2. The minimum atomic E-state index is 0. The molecule has 0 amide bonds. The monoisotopic (exact) mass is 294 g/mol. The van der Waals surface area contributed by atoms with Gasteiger partial charge in [0.2, 0.25) is 0 Å². The number of aryl methyl sites for hydroxylation is 1. The van der Waals surface area contributed by atoms with Crippen LogP contribution in [0.5, 0.6) is 0 Å². The van der Waals surface area contributed by atoms with Crippen molar-refractivity contribution < 1.29 is 0 Å². The second-order valence-electron chi connectivity index (χ2n) is 3.00. The Bertz CT molecular complexity index is 485. The van der Waals surface area contributed by atoms with Crippen molar-refractivity contribution in [3.63, 3.8) is 0 Å². The summed E-state index contributed by atoms with van der Waals surface area (Å²) < 4.78 is 1.94. The fourth-order valence-corrected chi connectivity index (χ4v) is 2.44. The third-order valence-electron chi connectivity index (χ3n) is 1.87. The molecule has 1 aromatic heterocycles. The van der Waals surface area contributed by atoms with Crippen molar-refractivity contribution in [3.8, 4) is 0 Å². The summed E-state index contributed by atoms with van der Waals surface area (Å²) >= 11 is 13.4. The van der Waals surface area contributed by atoms with E-state index < -0.39 is 0 Å². The molecule has 6 heteroatoms. The standard InChI is InChI=1S/C10H8Cl2N2S.ClH/c1-14-5-4-13-10(14)15-9-3-2-7(11)6-8(9)12;/h2-6H,1H3;1H. The third-order valence-corrected chi connectivity index (χ3v) is 3.68. The van der Waals surface area contributed by atoms with E-state index in [1.54, 1.807) is 12.3 Å². The Morgan fingerprint density at radius 3 is 2.62 bits per heavy atom. The molecule has 1 aromatic carbocycles. The lowest BCUT2D eigenvalue weighted by Gasteiger charge is -2.03. The van der Waals surface area contributed by atoms with E-state index in [2.05, 4.69) is 4.98 Å². The highest BCUT2D eigenvalue weighted by atomic mass is 35.5. The molecule has 0 atom stereocenters. The van der Waals surface area contributed by atoms with Gasteiger partial charge in [-0.1, -0.05) is 35.0 Å². The highest BCUT2D eigenvalue weighted by Crippen LogP contribution is 2.33. The molecule has 0 radical (unpaired) electrons. The first-order valence-electron chi connectivity index (χ1n) is 4.27. The third kappa shape index (κ3) is 3.08. The molecule has 0 saturated heterocycles. The van der Waals surface area contributed by atoms with E-state index in [0.717, 1.165) is 10.1 Å². The van der Waals surface area contributed by atoms with Gasteiger partial charge < -0.3 is 4.57 Å². The van der Waals surface area contributed by atoms with E-state index in [-0.39, 0.29) is 12.4 Å². The Balaban J connectivity index is 0.00000128. The minimum absolute atomic E-state index is 0. The summed E-state index contributed by atoms with van der Waals surface area (Å²) in [5.74, 6) is 0. The van der Waals surface area contributed by atoms with Crippen LogP contribution in [0.1, 0.15) is 0 Å². The quantitative estimate of drug-likeness (QED) is 0.822. The summed E-state index contributed by atoms with van der Waals surface area (Å²) in [5, 5.41) is 2.19. The van der Waals surface area contributed by atoms with Crippen LogP contribution in [-0.4, -0.2) is 9.55 Å². The van der Waals surface area contributed by atoms with E-state index in [1.165, 1.54) is 11.8 Å². The number of hydrogen-bond donors (Lipinski definition) is 0. The molecule has 2 rings (SSSR count). The van der Waals surface area contributed by atoms with Gasteiger partial charge in [0.1, 0.15) is 0 Å². The Kier molecular flexibility index (Phi) is 4.99. The minimum Gasteiger partial charge on any atom is -0.329 e. The topological polar surface area (TPSA) is 17.8 Å². The largest absolute Gasteiger partial charge is 0.329 e. The average molecular weight is 296 g/mol. The summed E-state index contributed by atoms with van der Waals surface area (Å²) in [6.45, 7) is 0. The molecule has 2 aromatic rings. The van der Waals surface area contributed by atoms with Gasteiger partial charge >= 0.3 is 0 Å². The van der Waals surface area contributed by atoms with Crippen molar-refractivity contribution in [2.45, 2.75) is 10.1 Å². The molecule has 2 nitrogen and oxygen atoms in total. The molecule has 16 heavy (non-hydrogen) atoms. The number of hydrogen-bond acceptors (Lipinski definition) is 2. The number of halogens is 3. The SMILES string of the molecule is Cl.Cn1ccnc1Sc1ccc(Cl)cc1Cl. The lowest BCUT2D eigenvalue weighted by Crippen LogP contribution is -1.88. The summed E-state index contributed by atoms with van der Waals surface area (Å²) in [6, 6.07) is 5.44. The molecule has 1 heterocycles. The molecule has 86 valence electrons. The first-order chi connectivity index (χ1) is 7.16. The van der Waals surface area contributed by atoms with Crippen LogP contribution >= 0.6 is 47.4 Å². The molecule has 0 bridgehead atoms. The van der Waals surface area contributed by atoms with Gasteiger partial charge in [0, 0.05) is 29.4 Å². The van der Waals surface area contributed by atoms with Gasteiger partial charge in [0.05, 0.1) is 5.02 Å².